The minimum Gasteiger partial charge on any atom is -0.456 e. The van der Waals surface area contributed by atoms with E-state index < -0.39 is 10.8 Å². The molecule has 0 fully saturated rings. The average Bonchev–Trinajstić information content (AvgIpc) is 1.56. The van der Waals surface area contributed by atoms with E-state index in [0.29, 0.717) is 0 Å². The van der Waals surface area contributed by atoms with Crippen LogP contribution in [0.3, 0.4) is 0 Å². The maximum atomic E-state index is 6.39. The fraction of sp³-hybridized carbons (Fsp3) is 0.0357. The highest BCUT2D eigenvalue weighted by Gasteiger charge is 2.40. The maximum Gasteiger partial charge on any atom is 0.137 e. The molecule has 0 atom stereocenters. The van der Waals surface area contributed by atoms with Gasteiger partial charge in [-0.1, -0.05) is 403 Å². The topological polar surface area (TPSA) is 41.6 Å². The smallest absolute Gasteiger partial charge is 0.137 e. The first kappa shape index (κ1) is 76.4. The molecule has 0 aliphatic heterocycles. The lowest BCUT2D eigenvalue weighted by Gasteiger charge is -2.37. The molecule has 2 aromatic heterocycles. The van der Waals surface area contributed by atoms with Crippen LogP contribution in [0.15, 0.2) is 482 Å². The number of fused-ring (bicyclic) bond motifs is 6. The molecule has 5 heteroatoms. The number of hydrogen-bond acceptors (Lipinski definition) is 4. The highest BCUT2D eigenvalue weighted by molar-refractivity contribution is 6.30. The molecule has 0 amide bonds. The van der Waals surface area contributed by atoms with Crippen molar-refractivity contribution in [1.29, 1.82) is 0 Å². The number of hydrogen-bond donors (Lipinski definition) is 1. The summed E-state index contributed by atoms with van der Waals surface area (Å²) >= 11 is 6.24. The Morgan fingerprint density at radius 1 is 0.197 bits per heavy atom. The molecule has 0 spiro atoms. The van der Waals surface area contributed by atoms with Gasteiger partial charge in [-0.15, -0.1) is 0 Å². The number of nitrogens with one attached hydrogen (secondary N) is 1. The maximum absolute atomic E-state index is 6.39. The van der Waals surface area contributed by atoms with Gasteiger partial charge in [0.15, 0.2) is 0 Å². The third-order valence-corrected chi connectivity index (χ3v) is 22.2. The zero-order chi connectivity index (χ0) is 77.2. The quantitative estimate of drug-likeness (QED) is 0.0923. The van der Waals surface area contributed by atoms with Crippen LogP contribution in [-0.4, -0.2) is 0 Å². The zero-order valence-electron chi connectivity index (χ0n) is 63.2. The fourth-order valence-electron chi connectivity index (χ4n) is 16.5. The van der Waals surface area contributed by atoms with E-state index >= 15 is 0 Å². The number of halogens is 1. The Kier molecular flexibility index (Phi) is 22.8. The van der Waals surface area contributed by atoms with Gasteiger partial charge in [-0.05, 0) is 174 Å². The van der Waals surface area contributed by atoms with Crippen LogP contribution in [0.25, 0.3) is 88.4 Å². The molecule has 0 radical (unpaired) electrons. The van der Waals surface area contributed by atoms with Crippen LogP contribution in [0, 0.1) is 0 Å². The van der Waals surface area contributed by atoms with Crippen LogP contribution in [0.4, 0.5) is 28.4 Å². The minimum atomic E-state index is -0.498. The third-order valence-electron chi connectivity index (χ3n) is 22.0. The molecule has 18 aromatic carbocycles. The van der Waals surface area contributed by atoms with Crippen LogP contribution in [0.2, 0.25) is 5.02 Å². The number of rotatable bonds is 17. The highest BCUT2D eigenvalue weighted by atomic mass is 35.5. The Morgan fingerprint density at radius 2 is 0.479 bits per heavy atom. The Hall–Kier alpha value is -14.6. The van der Waals surface area contributed by atoms with Crippen molar-refractivity contribution in [2.75, 3.05) is 10.2 Å². The van der Waals surface area contributed by atoms with Gasteiger partial charge in [0.25, 0.3) is 0 Å². The summed E-state index contributed by atoms with van der Waals surface area (Å²) in [6.45, 7) is 0. The van der Waals surface area contributed by atoms with Crippen molar-refractivity contribution in [3.05, 3.63) is 523 Å². The molecule has 2 heterocycles. The van der Waals surface area contributed by atoms with Gasteiger partial charge in [-0.25, -0.2) is 0 Å². The normalized spacial score (nSPS) is 11.2. The average molecular weight is 1530 g/mol. The van der Waals surface area contributed by atoms with E-state index in [1.54, 1.807) is 0 Å². The lowest BCUT2D eigenvalue weighted by Crippen LogP contribution is -2.30. The summed E-state index contributed by atoms with van der Waals surface area (Å²) in [6, 6.07) is 167. The number of nitrogens with zero attached hydrogens (tertiary/aromatic N) is 1. The minimum absolute atomic E-state index is 0. The van der Waals surface area contributed by atoms with Crippen molar-refractivity contribution in [1.82, 2.24) is 0 Å². The van der Waals surface area contributed by atoms with Crippen LogP contribution < -0.4 is 10.2 Å². The van der Waals surface area contributed by atoms with Crippen LogP contribution in [0.5, 0.6) is 0 Å². The van der Waals surface area contributed by atoms with E-state index in [2.05, 4.69) is 429 Å². The van der Waals surface area contributed by atoms with Gasteiger partial charge in [0.1, 0.15) is 22.3 Å². The Labute approximate surface area is 691 Å². The summed E-state index contributed by atoms with van der Waals surface area (Å²) < 4.78 is 12.4. The van der Waals surface area contributed by atoms with Crippen LogP contribution >= 0.6 is 11.6 Å². The number of furan rings is 2. The molecule has 1 N–H and O–H groups in total. The predicted molar refractivity (Wildman–Crippen MR) is 495 cm³/mol. The first-order chi connectivity index (χ1) is 56.9. The molecule has 4 nitrogen and oxygen atoms in total. The third kappa shape index (κ3) is 15.6. The van der Waals surface area contributed by atoms with E-state index in [1.165, 1.54) is 66.8 Å². The second-order valence-electron chi connectivity index (χ2n) is 28.8. The van der Waals surface area contributed by atoms with E-state index in [9.17, 15) is 0 Å². The van der Waals surface area contributed by atoms with Gasteiger partial charge in [-0.3, -0.25) is 0 Å². The standard InChI is InChI=1S/C55H39NO.C31H23Cl.C24H17NO.2CH4/c1-5-16-40(17-6-1)41-30-34-48(35-31-41)56(50-36-37-52-51-26-13-14-27-53(51)57-54(52)39-50)49-25-15-18-43(38-49)42-28-32-47(33-29-42)55(44-19-7-2-8-20-44,45-21-9-3-10-22-45)46-23-11-4-12-24-46;32-30-18-10-11-25(23-30)24-19-21-29(22-20-24)31(26-12-4-1-5-13-26,27-14-6-2-7-15-27)28-16-8-3-9-17-28;1-2-6-17(7-3-1)18-10-12-19(13-11-18)25-20-14-15-22-21-8-4-5-9-23(21)26-24(22)16-20;;/h1-39H;1-23H;1-16,25H;2*1H4. The lowest BCUT2D eigenvalue weighted by molar-refractivity contribution is 0.668. The van der Waals surface area contributed by atoms with Crippen LogP contribution in [-0.2, 0) is 10.8 Å². The molecule has 117 heavy (non-hydrogen) atoms. The first-order valence-corrected chi connectivity index (χ1v) is 39.4. The molecule has 0 unspecified atom stereocenters. The number of anilines is 5. The van der Waals surface area contributed by atoms with Crippen molar-refractivity contribution in [2.45, 2.75) is 25.7 Å². The summed E-state index contributed by atoms with van der Waals surface area (Å²) in [6.07, 6.45) is 0. The van der Waals surface area contributed by atoms with E-state index in [0.717, 1.165) is 99.6 Å². The molecule has 0 aliphatic carbocycles. The molecular weight excluding hydrogens is 1440 g/mol. The van der Waals surface area contributed by atoms with Gasteiger partial charge in [-0.2, -0.15) is 0 Å². The molecule has 20 rings (SSSR count). The molecule has 0 saturated heterocycles. The molecule has 0 aliphatic rings. The summed E-state index contributed by atoms with van der Waals surface area (Å²) in [5, 5.41) is 8.74. The Balaban J connectivity index is 0.000000144. The summed E-state index contributed by atoms with van der Waals surface area (Å²) in [7, 11) is 0. The summed E-state index contributed by atoms with van der Waals surface area (Å²) in [5.74, 6) is 0. The molecule has 0 bridgehead atoms. The van der Waals surface area contributed by atoms with Gasteiger partial charge < -0.3 is 19.1 Å². The van der Waals surface area contributed by atoms with Crippen molar-refractivity contribution < 1.29 is 8.83 Å². The summed E-state index contributed by atoms with van der Waals surface area (Å²) in [4.78, 5) is 2.32. The zero-order valence-corrected chi connectivity index (χ0v) is 63.9. The second kappa shape index (κ2) is 34.8. The molecule has 564 valence electrons. The van der Waals surface area contributed by atoms with Crippen molar-refractivity contribution >= 4 is 83.9 Å². The monoisotopic (exact) mass is 1530 g/mol. The Bertz CT molecular complexity index is 6430. The molecular formula is C112H87ClN2O2. The first-order valence-electron chi connectivity index (χ1n) is 39.0. The molecule has 20 aromatic rings. The van der Waals surface area contributed by atoms with Crippen molar-refractivity contribution in [3.63, 3.8) is 0 Å². The van der Waals surface area contributed by atoms with Gasteiger partial charge >= 0.3 is 0 Å². The fourth-order valence-corrected chi connectivity index (χ4v) is 16.7. The van der Waals surface area contributed by atoms with E-state index in [4.69, 9.17) is 20.4 Å². The van der Waals surface area contributed by atoms with Crippen molar-refractivity contribution in [3.8, 4) is 44.5 Å². The molecule has 0 saturated carbocycles. The van der Waals surface area contributed by atoms with Crippen molar-refractivity contribution in [2.24, 2.45) is 0 Å². The van der Waals surface area contributed by atoms with Crippen LogP contribution in [0.1, 0.15) is 59.4 Å². The second-order valence-corrected chi connectivity index (χ2v) is 29.3. The van der Waals surface area contributed by atoms with Gasteiger partial charge in [0.05, 0.1) is 10.8 Å². The van der Waals surface area contributed by atoms with E-state index in [-0.39, 0.29) is 14.9 Å². The Morgan fingerprint density at radius 3 is 0.897 bits per heavy atom. The summed E-state index contributed by atoms with van der Waals surface area (Å²) in [5.41, 5.74) is 27.1. The number of benzene rings is 18. The predicted octanol–water partition coefficient (Wildman–Crippen LogP) is 31.4. The lowest BCUT2D eigenvalue weighted by atomic mass is 9.65. The van der Waals surface area contributed by atoms with Gasteiger partial charge in [0.2, 0.25) is 0 Å². The van der Waals surface area contributed by atoms with E-state index in [1.807, 2.05) is 54.6 Å². The number of para-hydroxylation sites is 2. The largest absolute Gasteiger partial charge is 0.456 e. The highest BCUT2D eigenvalue weighted by Crippen LogP contribution is 2.49. The van der Waals surface area contributed by atoms with Gasteiger partial charge in [0, 0.05) is 67.1 Å². The SMILES string of the molecule is C.C.Clc1cccc(-c2ccc(C(c3ccccc3)(c3ccccc3)c3ccccc3)cc2)c1.c1ccc(-c2ccc(N(c3cccc(-c4ccc(C(c5ccccc5)(c5ccccc5)c5ccccc5)cc4)c3)c3ccc4c(c3)oc3ccccc34)cc2)cc1.c1ccc(-c2ccc(Nc3ccc4c(c3)oc3ccccc34)cc2)cc1.